The van der Waals surface area contributed by atoms with Crippen LogP contribution in [-0.2, 0) is 14.4 Å². The Morgan fingerprint density at radius 3 is 1.85 bits per heavy atom. The third-order valence-electron chi connectivity index (χ3n) is 2.87. The van der Waals surface area contributed by atoms with Crippen molar-refractivity contribution in [2.75, 3.05) is 6.54 Å². The molecule has 0 unspecified atom stereocenters. The highest BCUT2D eigenvalue weighted by Crippen LogP contribution is 2.01. The van der Waals surface area contributed by atoms with E-state index in [2.05, 4.69) is 5.32 Å². The minimum absolute atomic E-state index is 0.0542. The van der Waals surface area contributed by atoms with Crippen LogP contribution in [0.3, 0.4) is 0 Å². The number of Topliss-reactive ketones (excluding diaryl/α,β-unsaturated/α-hetero) is 2. The summed E-state index contributed by atoms with van der Waals surface area (Å²) in [6.45, 7) is 8.32. The van der Waals surface area contributed by atoms with Crippen molar-refractivity contribution < 1.29 is 14.4 Å². The van der Waals surface area contributed by atoms with Crippen LogP contribution >= 0.6 is 0 Å². The van der Waals surface area contributed by atoms with Crippen LogP contribution in [0.4, 0.5) is 0 Å². The lowest BCUT2D eigenvalue weighted by Gasteiger charge is -2.04. The van der Waals surface area contributed by atoms with Crippen LogP contribution in [0.15, 0.2) is 0 Å². The summed E-state index contributed by atoms with van der Waals surface area (Å²) < 4.78 is 0. The van der Waals surface area contributed by atoms with Crippen LogP contribution in [0.1, 0.15) is 79.1 Å². The van der Waals surface area contributed by atoms with Crippen LogP contribution in [0.25, 0.3) is 0 Å². The molecule has 0 fully saturated rings. The molecule has 0 heterocycles. The predicted octanol–water partition coefficient (Wildman–Crippen LogP) is 3.43. The number of carbonyl (C=O) groups is 3. The van der Waals surface area contributed by atoms with E-state index in [0.717, 1.165) is 19.3 Å². The standard InChI is InChI=1S/C14H25NO3.C2H6/c1-3-12(16)8-6-5-7-11-15-14(18)10-9-13(17)4-2;1-2/h3-11H2,1-2H3,(H,15,18);1-2H3. The Balaban J connectivity index is 0. The van der Waals surface area contributed by atoms with Crippen LogP contribution in [0.5, 0.6) is 0 Å². The maximum Gasteiger partial charge on any atom is 0.220 e. The van der Waals surface area contributed by atoms with Gasteiger partial charge in [0.1, 0.15) is 11.6 Å². The number of hydrogen-bond acceptors (Lipinski definition) is 3. The normalized spacial score (nSPS) is 9.40. The van der Waals surface area contributed by atoms with Gasteiger partial charge < -0.3 is 5.32 Å². The quantitative estimate of drug-likeness (QED) is 0.592. The molecule has 0 bridgehead atoms. The first kappa shape index (κ1) is 21.1. The number of carbonyl (C=O) groups excluding carboxylic acids is 3. The maximum absolute atomic E-state index is 11.3. The lowest BCUT2D eigenvalue weighted by molar-refractivity contribution is -0.125. The van der Waals surface area contributed by atoms with Crippen LogP contribution in [-0.4, -0.2) is 24.0 Å². The van der Waals surface area contributed by atoms with Gasteiger partial charge in [0.2, 0.25) is 5.91 Å². The summed E-state index contributed by atoms with van der Waals surface area (Å²) in [5, 5.41) is 2.79. The average Bonchev–Trinajstić information content (AvgIpc) is 2.49. The molecule has 0 aromatic carbocycles. The van der Waals surface area contributed by atoms with E-state index in [4.69, 9.17) is 0 Å². The molecule has 0 rings (SSSR count). The van der Waals surface area contributed by atoms with E-state index >= 15 is 0 Å². The minimum Gasteiger partial charge on any atom is -0.356 e. The summed E-state index contributed by atoms with van der Waals surface area (Å²) in [6, 6.07) is 0. The molecule has 0 saturated heterocycles. The molecule has 0 spiro atoms. The van der Waals surface area contributed by atoms with Crippen LogP contribution < -0.4 is 5.32 Å². The molecule has 20 heavy (non-hydrogen) atoms. The van der Waals surface area contributed by atoms with E-state index in [1.807, 2.05) is 20.8 Å². The van der Waals surface area contributed by atoms with Gasteiger partial charge in [-0.2, -0.15) is 0 Å². The SMILES string of the molecule is CC.CCC(=O)CCCCCNC(=O)CCC(=O)CC. The summed E-state index contributed by atoms with van der Waals surface area (Å²) in [5.41, 5.74) is 0. The van der Waals surface area contributed by atoms with Crippen molar-refractivity contribution in [3.63, 3.8) is 0 Å². The van der Waals surface area contributed by atoms with Crippen molar-refractivity contribution in [2.24, 2.45) is 0 Å². The second-order valence-corrected chi connectivity index (χ2v) is 4.45. The first-order chi connectivity index (χ1) is 9.60. The Labute approximate surface area is 123 Å². The molecule has 0 atom stereocenters. The number of hydrogen-bond donors (Lipinski definition) is 1. The van der Waals surface area contributed by atoms with E-state index in [-0.39, 0.29) is 11.7 Å². The second-order valence-electron chi connectivity index (χ2n) is 4.45. The smallest absolute Gasteiger partial charge is 0.220 e. The molecule has 118 valence electrons. The van der Waals surface area contributed by atoms with Gasteiger partial charge in [-0.1, -0.05) is 34.1 Å². The molecule has 0 aliphatic rings. The average molecular weight is 285 g/mol. The molecule has 0 aromatic rings. The molecular formula is C16H31NO3. The highest BCUT2D eigenvalue weighted by atomic mass is 16.2. The third kappa shape index (κ3) is 14.9. The van der Waals surface area contributed by atoms with Gasteiger partial charge in [0, 0.05) is 38.6 Å². The first-order valence-corrected chi connectivity index (χ1v) is 7.90. The van der Waals surface area contributed by atoms with Gasteiger partial charge in [-0.15, -0.1) is 0 Å². The van der Waals surface area contributed by atoms with Gasteiger partial charge >= 0.3 is 0 Å². The Hall–Kier alpha value is -1.19. The zero-order valence-corrected chi connectivity index (χ0v) is 13.6. The lowest BCUT2D eigenvalue weighted by Crippen LogP contribution is -2.24. The van der Waals surface area contributed by atoms with Gasteiger partial charge in [-0.25, -0.2) is 0 Å². The highest BCUT2D eigenvalue weighted by molar-refractivity contribution is 5.84. The maximum atomic E-state index is 11.3. The second kappa shape index (κ2) is 15.9. The number of nitrogens with one attached hydrogen (secondary N) is 1. The van der Waals surface area contributed by atoms with Crippen LogP contribution in [0.2, 0.25) is 0 Å². The summed E-state index contributed by atoms with van der Waals surface area (Å²) in [7, 11) is 0. The number of unbranched alkanes of at least 4 members (excludes halogenated alkanes) is 2. The number of rotatable bonds is 11. The molecule has 4 nitrogen and oxygen atoms in total. The summed E-state index contributed by atoms with van der Waals surface area (Å²) >= 11 is 0. The summed E-state index contributed by atoms with van der Waals surface area (Å²) in [4.78, 5) is 33.4. The van der Waals surface area contributed by atoms with Gasteiger partial charge in [0.05, 0.1) is 0 Å². The highest BCUT2D eigenvalue weighted by Gasteiger charge is 2.04. The van der Waals surface area contributed by atoms with Crippen molar-refractivity contribution in [2.45, 2.75) is 79.1 Å². The van der Waals surface area contributed by atoms with Crippen LogP contribution in [0, 0.1) is 0 Å². The van der Waals surface area contributed by atoms with E-state index in [9.17, 15) is 14.4 Å². The molecule has 0 radical (unpaired) electrons. The Morgan fingerprint density at radius 1 is 0.750 bits per heavy atom. The Morgan fingerprint density at radius 2 is 1.30 bits per heavy atom. The summed E-state index contributed by atoms with van der Waals surface area (Å²) in [5.74, 6) is 0.377. The van der Waals surface area contributed by atoms with Gasteiger partial charge in [-0.3, -0.25) is 14.4 Å². The van der Waals surface area contributed by atoms with Gasteiger partial charge in [0.15, 0.2) is 0 Å². The molecule has 0 aliphatic heterocycles. The minimum atomic E-state index is -0.0542. The van der Waals surface area contributed by atoms with E-state index in [0.29, 0.717) is 44.4 Å². The topological polar surface area (TPSA) is 63.2 Å². The van der Waals surface area contributed by atoms with Crippen molar-refractivity contribution in [3.05, 3.63) is 0 Å². The molecule has 4 heteroatoms. The Kier molecular flexibility index (Phi) is 16.8. The molecule has 1 N–H and O–H groups in total. The molecular weight excluding hydrogens is 254 g/mol. The Bertz CT molecular complexity index is 275. The fourth-order valence-corrected chi connectivity index (χ4v) is 1.55. The van der Waals surface area contributed by atoms with E-state index < -0.39 is 0 Å². The van der Waals surface area contributed by atoms with E-state index in [1.54, 1.807) is 6.92 Å². The molecule has 1 amide bonds. The zero-order chi connectivity index (χ0) is 15.8. The first-order valence-electron chi connectivity index (χ1n) is 7.90. The fourth-order valence-electron chi connectivity index (χ4n) is 1.55. The fraction of sp³-hybridized carbons (Fsp3) is 0.812. The van der Waals surface area contributed by atoms with Crippen molar-refractivity contribution >= 4 is 17.5 Å². The summed E-state index contributed by atoms with van der Waals surface area (Å²) in [6.07, 6.45) is 5.14. The lowest BCUT2D eigenvalue weighted by atomic mass is 10.1. The van der Waals surface area contributed by atoms with E-state index in [1.165, 1.54) is 0 Å². The predicted molar refractivity (Wildman–Crippen MR) is 82.7 cm³/mol. The number of amides is 1. The molecule has 0 saturated carbocycles. The van der Waals surface area contributed by atoms with Gasteiger partial charge in [0.25, 0.3) is 0 Å². The largest absolute Gasteiger partial charge is 0.356 e. The monoisotopic (exact) mass is 285 g/mol. The molecule has 0 aromatic heterocycles. The van der Waals surface area contributed by atoms with Crippen molar-refractivity contribution in [1.82, 2.24) is 5.32 Å². The third-order valence-corrected chi connectivity index (χ3v) is 2.87. The van der Waals surface area contributed by atoms with Gasteiger partial charge in [-0.05, 0) is 12.8 Å². The zero-order valence-electron chi connectivity index (χ0n) is 13.6. The van der Waals surface area contributed by atoms with Crippen molar-refractivity contribution in [1.29, 1.82) is 0 Å². The number of ketones is 2. The van der Waals surface area contributed by atoms with Crippen molar-refractivity contribution in [3.8, 4) is 0 Å². The molecule has 0 aliphatic carbocycles.